The molecule has 0 saturated carbocycles. The maximum absolute atomic E-state index is 3.55. The van der Waals surface area contributed by atoms with E-state index in [1.54, 1.807) is 0 Å². The Morgan fingerprint density at radius 3 is 0.846 bits per heavy atom. The van der Waals surface area contributed by atoms with Crippen LogP contribution in [-0.4, -0.2) is 3.74 Å². The molecule has 0 aliphatic rings. The van der Waals surface area contributed by atoms with E-state index in [0.29, 0.717) is 3.74 Å². The minimum absolute atomic E-state index is 0.523. The van der Waals surface area contributed by atoms with Gasteiger partial charge in [0.2, 0.25) is 0 Å². The first-order valence-corrected chi connectivity index (χ1v) is 13.9. The Bertz CT molecular complexity index is 240. The molecule has 0 aromatic carbocycles. The van der Waals surface area contributed by atoms with Crippen LogP contribution in [0.4, 0.5) is 0 Å². The lowest BCUT2D eigenvalue weighted by atomic mass is 10.0. The Morgan fingerprint density at radius 2 is 0.615 bits per heavy atom. The van der Waals surface area contributed by atoms with E-state index in [2.05, 4.69) is 38.8 Å². The van der Waals surface area contributed by atoms with Gasteiger partial charge in [-0.15, -0.1) is 0 Å². The van der Waals surface area contributed by atoms with E-state index in [-0.39, 0.29) is 0 Å². The second kappa shape index (κ2) is 24.0. The first-order chi connectivity index (χ1) is 12.8. The van der Waals surface area contributed by atoms with Crippen molar-refractivity contribution in [3.63, 3.8) is 0 Å². The number of hydrogen-bond acceptors (Lipinski definition) is 0. The number of alkyl halides is 2. The Hall–Kier alpha value is 0.960. The van der Waals surface area contributed by atoms with E-state index in [1.807, 2.05) is 0 Å². The van der Waals surface area contributed by atoms with Crippen LogP contribution in [0.3, 0.4) is 0 Å². The lowest BCUT2D eigenvalue weighted by Gasteiger charge is -2.04. The van der Waals surface area contributed by atoms with Crippen LogP contribution in [0.15, 0.2) is 0 Å². The molecule has 0 unspecified atom stereocenters. The molecule has 2 heteroatoms. The average molecular weight is 496 g/mol. The van der Waals surface area contributed by atoms with Crippen molar-refractivity contribution < 1.29 is 0 Å². The van der Waals surface area contributed by atoms with Crippen LogP contribution >= 0.6 is 31.9 Å². The molecule has 26 heavy (non-hydrogen) atoms. The molecule has 0 aromatic heterocycles. The van der Waals surface area contributed by atoms with Gasteiger partial charge in [-0.1, -0.05) is 174 Å². The summed E-state index contributed by atoms with van der Waals surface area (Å²) in [5, 5.41) is 0. The van der Waals surface area contributed by atoms with Crippen molar-refractivity contribution >= 4 is 31.9 Å². The van der Waals surface area contributed by atoms with E-state index < -0.39 is 0 Å². The fraction of sp³-hybridized carbons (Fsp3) is 1.00. The summed E-state index contributed by atoms with van der Waals surface area (Å²) in [6, 6.07) is 0. The molecule has 0 amide bonds. The highest BCUT2D eigenvalue weighted by atomic mass is 79.9. The molecular weight excluding hydrogens is 448 g/mol. The number of rotatable bonds is 22. The quantitative estimate of drug-likeness (QED) is 0.103. The summed E-state index contributed by atoms with van der Waals surface area (Å²) < 4.78 is 0.523. The van der Waals surface area contributed by atoms with Gasteiger partial charge in [-0.25, -0.2) is 0 Å². The van der Waals surface area contributed by atoms with Gasteiger partial charge in [-0.3, -0.25) is 0 Å². The van der Waals surface area contributed by atoms with Crippen molar-refractivity contribution in [2.45, 2.75) is 152 Å². The molecule has 0 aliphatic carbocycles. The molecule has 0 atom stereocenters. The summed E-state index contributed by atoms with van der Waals surface area (Å²) in [7, 11) is 0. The zero-order chi connectivity index (χ0) is 19.1. The molecule has 0 aromatic rings. The molecule has 0 heterocycles. The topological polar surface area (TPSA) is 0 Å². The molecule has 0 aliphatic heterocycles. The lowest BCUT2D eigenvalue weighted by Crippen LogP contribution is -1.86. The van der Waals surface area contributed by atoms with Crippen molar-refractivity contribution in [1.29, 1.82) is 0 Å². The number of halogens is 2. The molecule has 0 N–H and O–H groups in total. The van der Waals surface area contributed by atoms with Crippen LogP contribution < -0.4 is 0 Å². The third kappa shape index (κ3) is 25.0. The number of unbranched alkanes of at least 4 members (excludes halogenated alkanes) is 20. The molecule has 0 rings (SSSR count). The standard InChI is InChI=1S/C24H48Br2/c1-2-3-4-5-6-7-8-9-10-11-12-13-14-15-16-17-18-19-20-21-22-23-24(25)26/h24H,2-23H2,1H3. The predicted octanol–water partition coefficient (Wildman–Crippen LogP) is 10.7. The predicted molar refractivity (Wildman–Crippen MR) is 129 cm³/mol. The van der Waals surface area contributed by atoms with Crippen molar-refractivity contribution in [2.75, 3.05) is 0 Å². The van der Waals surface area contributed by atoms with Crippen LogP contribution in [0.2, 0.25) is 0 Å². The highest BCUT2D eigenvalue weighted by Crippen LogP contribution is 2.18. The van der Waals surface area contributed by atoms with Crippen molar-refractivity contribution in [1.82, 2.24) is 0 Å². The van der Waals surface area contributed by atoms with E-state index in [9.17, 15) is 0 Å². The van der Waals surface area contributed by atoms with Crippen LogP contribution in [0, 0.1) is 0 Å². The van der Waals surface area contributed by atoms with Crippen LogP contribution in [0.1, 0.15) is 148 Å². The molecule has 0 fully saturated rings. The van der Waals surface area contributed by atoms with Gasteiger partial charge in [-0.05, 0) is 6.42 Å². The third-order valence-electron chi connectivity index (χ3n) is 5.53. The summed E-state index contributed by atoms with van der Waals surface area (Å²) in [5.74, 6) is 0. The van der Waals surface area contributed by atoms with Gasteiger partial charge in [0.25, 0.3) is 0 Å². The first-order valence-electron chi connectivity index (χ1n) is 12.1. The highest BCUT2D eigenvalue weighted by molar-refractivity contribution is 9.24. The lowest BCUT2D eigenvalue weighted by molar-refractivity contribution is 0.520. The normalized spacial score (nSPS) is 11.5. The summed E-state index contributed by atoms with van der Waals surface area (Å²) in [6.07, 6.45) is 31.9. The summed E-state index contributed by atoms with van der Waals surface area (Å²) in [4.78, 5) is 0. The Labute approximate surface area is 183 Å². The number of hydrogen-bond donors (Lipinski definition) is 0. The van der Waals surface area contributed by atoms with Gasteiger partial charge < -0.3 is 0 Å². The van der Waals surface area contributed by atoms with Crippen molar-refractivity contribution in [3.8, 4) is 0 Å². The largest absolute Gasteiger partial charge is 0.0765 e. The SMILES string of the molecule is CCCCCCCCCCCCCCCCCCCCCCCC(Br)Br. The van der Waals surface area contributed by atoms with E-state index >= 15 is 0 Å². The monoisotopic (exact) mass is 494 g/mol. The van der Waals surface area contributed by atoms with Gasteiger partial charge >= 0.3 is 0 Å². The Balaban J connectivity index is 2.97. The van der Waals surface area contributed by atoms with Gasteiger partial charge in [0, 0.05) is 0 Å². The zero-order valence-corrected chi connectivity index (χ0v) is 21.1. The minimum Gasteiger partial charge on any atom is -0.0765 e. The Kier molecular flexibility index (Phi) is 24.9. The molecule has 0 bridgehead atoms. The fourth-order valence-corrected chi connectivity index (χ4v) is 4.38. The maximum atomic E-state index is 3.55. The molecule has 158 valence electrons. The van der Waals surface area contributed by atoms with Crippen LogP contribution in [-0.2, 0) is 0 Å². The highest BCUT2D eigenvalue weighted by Gasteiger charge is 1.98. The van der Waals surface area contributed by atoms with Gasteiger partial charge in [0.05, 0.1) is 3.74 Å². The molecular formula is C24H48Br2. The first kappa shape index (κ1) is 27.0. The summed E-state index contributed by atoms with van der Waals surface area (Å²) >= 11 is 7.10. The second-order valence-corrected chi connectivity index (χ2v) is 11.7. The second-order valence-electron chi connectivity index (χ2n) is 8.25. The van der Waals surface area contributed by atoms with E-state index in [4.69, 9.17) is 0 Å². The zero-order valence-electron chi connectivity index (χ0n) is 17.9. The van der Waals surface area contributed by atoms with Gasteiger partial charge in [-0.2, -0.15) is 0 Å². The molecule has 0 saturated heterocycles. The fourth-order valence-electron chi connectivity index (χ4n) is 3.73. The smallest absolute Gasteiger partial charge is 0.0697 e. The minimum atomic E-state index is 0.523. The van der Waals surface area contributed by atoms with Crippen LogP contribution in [0.5, 0.6) is 0 Å². The third-order valence-corrected chi connectivity index (χ3v) is 6.44. The van der Waals surface area contributed by atoms with E-state index in [1.165, 1.54) is 141 Å². The van der Waals surface area contributed by atoms with Crippen molar-refractivity contribution in [2.24, 2.45) is 0 Å². The molecule has 0 spiro atoms. The van der Waals surface area contributed by atoms with Gasteiger partial charge in [0.1, 0.15) is 0 Å². The van der Waals surface area contributed by atoms with Crippen LogP contribution in [0.25, 0.3) is 0 Å². The molecule has 0 nitrogen and oxygen atoms in total. The maximum Gasteiger partial charge on any atom is 0.0697 e. The summed E-state index contributed by atoms with van der Waals surface area (Å²) in [5.41, 5.74) is 0. The Morgan fingerprint density at radius 1 is 0.385 bits per heavy atom. The molecule has 0 radical (unpaired) electrons. The summed E-state index contributed by atoms with van der Waals surface area (Å²) in [6.45, 7) is 2.30. The average Bonchev–Trinajstić information content (AvgIpc) is 2.62. The van der Waals surface area contributed by atoms with E-state index in [0.717, 1.165) is 0 Å². The van der Waals surface area contributed by atoms with Crippen molar-refractivity contribution in [3.05, 3.63) is 0 Å². The van der Waals surface area contributed by atoms with Gasteiger partial charge in [0.15, 0.2) is 0 Å².